The van der Waals surface area contributed by atoms with E-state index in [9.17, 15) is 33.8 Å². The summed E-state index contributed by atoms with van der Waals surface area (Å²) >= 11 is 11.3. The van der Waals surface area contributed by atoms with Crippen LogP contribution in [0.5, 0.6) is 0 Å². The van der Waals surface area contributed by atoms with Gasteiger partial charge in [-0.1, -0.05) is 23.2 Å². The first-order chi connectivity index (χ1) is 12.0. The molecule has 2 atom stereocenters. The van der Waals surface area contributed by atoms with Gasteiger partial charge in [0.1, 0.15) is 11.5 Å². The minimum absolute atomic E-state index is 0.395. The van der Waals surface area contributed by atoms with Crippen LogP contribution in [-0.4, -0.2) is 27.6 Å². The van der Waals surface area contributed by atoms with Crippen molar-refractivity contribution in [3.63, 3.8) is 0 Å². The van der Waals surface area contributed by atoms with E-state index < -0.39 is 62.0 Å². The predicted molar refractivity (Wildman–Crippen MR) is 82.5 cm³/mol. The van der Waals surface area contributed by atoms with Gasteiger partial charge < -0.3 is 9.47 Å². The van der Waals surface area contributed by atoms with Gasteiger partial charge in [0.15, 0.2) is 0 Å². The number of rotatable bonds is 4. The molecule has 0 fully saturated rings. The first kappa shape index (κ1) is 19.8. The summed E-state index contributed by atoms with van der Waals surface area (Å²) in [6.07, 6.45) is -0.496. The lowest BCUT2D eigenvalue weighted by Gasteiger charge is -2.19. The van der Waals surface area contributed by atoms with E-state index in [-0.39, 0.29) is 0 Å². The summed E-state index contributed by atoms with van der Waals surface area (Å²) in [5.74, 6) is -6.65. The minimum Gasteiger partial charge on any atom is -0.393 e. The van der Waals surface area contributed by atoms with E-state index in [1.807, 2.05) is 0 Å². The quantitative estimate of drug-likeness (QED) is 0.297. The van der Waals surface area contributed by atoms with Crippen LogP contribution >= 0.6 is 23.2 Å². The standard InChI is InChI=1S/C13H8Cl2F2N2O7/c14-7-5-12(16,18(21)22)3-1-9(7)25-11(20)26-10-2-4-13(17,19(23)24)6-8(10)15/h1-4H,5-6H2. The van der Waals surface area contributed by atoms with Gasteiger partial charge in [-0.2, -0.15) is 8.78 Å². The van der Waals surface area contributed by atoms with Gasteiger partial charge in [0.2, 0.25) is 0 Å². The SMILES string of the molecule is O=C(OC1=C(Cl)CC(F)([N+](=O)[O-])C=C1)OC1=C(Cl)CC(F)([N+](=O)[O-])C=C1. The Bertz CT molecular complexity index is 746. The first-order valence-corrected chi connectivity index (χ1v) is 7.45. The fraction of sp³-hybridized carbons (Fsp3) is 0.308. The monoisotopic (exact) mass is 412 g/mol. The third-order valence-corrected chi connectivity index (χ3v) is 3.95. The Morgan fingerprint density at radius 1 is 0.962 bits per heavy atom. The van der Waals surface area contributed by atoms with Gasteiger partial charge in [0.25, 0.3) is 0 Å². The lowest BCUT2D eigenvalue weighted by molar-refractivity contribution is -0.589. The molecule has 0 saturated heterocycles. The van der Waals surface area contributed by atoms with Crippen molar-refractivity contribution in [3.05, 3.63) is 66.1 Å². The molecule has 140 valence electrons. The molecule has 0 N–H and O–H groups in total. The van der Waals surface area contributed by atoms with Gasteiger partial charge >= 0.3 is 17.7 Å². The second kappa shape index (κ2) is 7.00. The molecule has 0 radical (unpaired) electrons. The molecule has 2 aliphatic carbocycles. The van der Waals surface area contributed by atoms with Crippen molar-refractivity contribution >= 4 is 29.4 Å². The van der Waals surface area contributed by atoms with E-state index in [2.05, 4.69) is 9.47 Å². The summed E-state index contributed by atoms with van der Waals surface area (Å²) in [7, 11) is 0. The maximum Gasteiger partial charge on any atom is 0.519 e. The number of nitrogens with zero attached hydrogens (tertiary/aromatic N) is 2. The highest BCUT2D eigenvalue weighted by Gasteiger charge is 2.45. The molecule has 2 rings (SSSR count). The maximum atomic E-state index is 13.8. The van der Waals surface area contributed by atoms with Crippen molar-refractivity contribution in [1.82, 2.24) is 0 Å². The number of alkyl halides is 2. The van der Waals surface area contributed by atoms with Crippen molar-refractivity contribution in [2.45, 2.75) is 24.4 Å². The zero-order valence-electron chi connectivity index (χ0n) is 12.5. The number of carbonyl (C=O) groups excluding carboxylic acids is 1. The maximum absolute atomic E-state index is 13.8. The Balaban J connectivity index is 2.05. The van der Waals surface area contributed by atoms with E-state index in [1.165, 1.54) is 0 Å². The third kappa shape index (κ3) is 3.99. The molecule has 26 heavy (non-hydrogen) atoms. The normalized spacial score (nSPS) is 28.2. The van der Waals surface area contributed by atoms with Gasteiger partial charge in [-0.25, -0.2) is 4.79 Å². The van der Waals surface area contributed by atoms with E-state index in [4.69, 9.17) is 23.2 Å². The number of ether oxygens (including phenoxy) is 2. The summed E-state index contributed by atoms with van der Waals surface area (Å²) in [6, 6.07) is 0. The highest BCUT2D eigenvalue weighted by Crippen LogP contribution is 2.35. The van der Waals surface area contributed by atoms with Crippen LogP contribution in [0.2, 0.25) is 0 Å². The molecule has 0 aromatic rings. The average molecular weight is 413 g/mol. The fourth-order valence-electron chi connectivity index (χ4n) is 1.95. The Labute approximate surface area is 153 Å². The van der Waals surface area contributed by atoms with Crippen molar-refractivity contribution in [3.8, 4) is 0 Å². The van der Waals surface area contributed by atoms with Crippen LogP contribution in [0.15, 0.2) is 45.9 Å². The Hall–Kier alpha value is -2.53. The van der Waals surface area contributed by atoms with Gasteiger partial charge in [0, 0.05) is 12.2 Å². The molecule has 0 spiro atoms. The van der Waals surface area contributed by atoms with Gasteiger partial charge in [-0.3, -0.25) is 20.2 Å². The Morgan fingerprint density at radius 3 is 1.58 bits per heavy atom. The summed E-state index contributed by atoms with van der Waals surface area (Å²) in [5.41, 5.74) is 0. The molecule has 0 bridgehead atoms. The van der Waals surface area contributed by atoms with Crippen LogP contribution in [-0.2, 0) is 9.47 Å². The Kier molecular flexibility index (Phi) is 5.33. The minimum atomic E-state index is -2.93. The summed E-state index contributed by atoms with van der Waals surface area (Å²) in [6.45, 7) is 0. The number of halogens is 4. The van der Waals surface area contributed by atoms with Crippen molar-refractivity contribution in [1.29, 1.82) is 0 Å². The van der Waals surface area contributed by atoms with E-state index in [0.29, 0.717) is 12.2 Å². The molecule has 0 amide bonds. The molecular formula is C13H8Cl2F2N2O7. The second-order valence-corrected chi connectivity index (χ2v) is 6.08. The van der Waals surface area contributed by atoms with E-state index >= 15 is 0 Å². The summed E-state index contributed by atoms with van der Waals surface area (Å²) in [5, 5.41) is 20.3. The molecule has 0 aromatic heterocycles. The van der Waals surface area contributed by atoms with E-state index in [0.717, 1.165) is 12.2 Å². The highest BCUT2D eigenvalue weighted by atomic mass is 35.5. The van der Waals surface area contributed by atoms with Gasteiger partial charge in [0.05, 0.1) is 32.8 Å². The highest BCUT2D eigenvalue weighted by molar-refractivity contribution is 6.30. The molecule has 0 aromatic carbocycles. The average Bonchev–Trinajstić information content (AvgIpc) is 2.53. The van der Waals surface area contributed by atoms with Crippen molar-refractivity contribution in [2.24, 2.45) is 0 Å². The summed E-state index contributed by atoms with van der Waals surface area (Å²) in [4.78, 5) is 30.5. The largest absolute Gasteiger partial charge is 0.519 e. The molecule has 9 nitrogen and oxygen atoms in total. The molecule has 0 saturated carbocycles. The number of nitro groups is 2. The smallest absolute Gasteiger partial charge is 0.393 e. The summed E-state index contributed by atoms with van der Waals surface area (Å²) < 4.78 is 37.0. The number of allylic oxidation sites excluding steroid dienone is 2. The zero-order chi connectivity index (χ0) is 19.7. The topological polar surface area (TPSA) is 122 Å². The molecule has 2 unspecified atom stereocenters. The second-order valence-electron chi connectivity index (χ2n) is 5.16. The van der Waals surface area contributed by atoms with E-state index in [1.54, 1.807) is 0 Å². The van der Waals surface area contributed by atoms with Crippen molar-refractivity contribution in [2.75, 3.05) is 0 Å². The van der Waals surface area contributed by atoms with Gasteiger partial charge in [-0.15, -0.1) is 0 Å². The lowest BCUT2D eigenvalue weighted by atomic mass is 10.1. The molecule has 0 aliphatic heterocycles. The fourth-order valence-corrected chi connectivity index (χ4v) is 2.52. The third-order valence-electron chi connectivity index (χ3n) is 3.31. The van der Waals surface area contributed by atoms with Crippen LogP contribution in [0.4, 0.5) is 13.6 Å². The number of hydrogen-bond acceptors (Lipinski definition) is 7. The van der Waals surface area contributed by atoms with Gasteiger partial charge in [-0.05, 0) is 12.2 Å². The Morgan fingerprint density at radius 2 is 1.31 bits per heavy atom. The molecule has 0 heterocycles. The van der Waals surface area contributed by atoms with Crippen LogP contribution < -0.4 is 0 Å². The lowest BCUT2D eigenvalue weighted by Crippen LogP contribution is -2.33. The number of hydrogen-bond donors (Lipinski definition) is 0. The van der Waals surface area contributed by atoms with Crippen LogP contribution in [0.3, 0.4) is 0 Å². The first-order valence-electron chi connectivity index (χ1n) is 6.69. The molecule has 13 heteroatoms. The van der Waals surface area contributed by atoms with Crippen LogP contribution in [0.25, 0.3) is 0 Å². The predicted octanol–water partition coefficient (Wildman–Crippen LogP) is 3.85. The molecule has 2 aliphatic rings. The number of carbonyl (C=O) groups is 1. The van der Waals surface area contributed by atoms with Crippen LogP contribution in [0, 0.1) is 20.2 Å². The van der Waals surface area contributed by atoms with Crippen molar-refractivity contribution < 1.29 is 32.9 Å². The molecular weight excluding hydrogens is 405 g/mol. The zero-order valence-corrected chi connectivity index (χ0v) is 14.0. The van der Waals surface area contributed by atoms with Crippen LogP contribution in [0.1, 0.15) is 12.8 Å².